The third-order valence-corrected chi connectivity index (χ3v) is 5.21. The molecule has 0 saturated heterocycles. The summed E-state index contributed by atoms with van der Waals surface area (Å²) in [4.78, 5) is 21.9. The number of rotatable bonds is 5. The lowest BCUT2D eigenvalue weighted by Gasteiger charge is -2.23. The van der Waals surface area contributed by atoms with Gasteiger partial charge in [0.1, 0.15) is 0 Å². The van der Waals surface area contributed by atoms with Crippen LogP contribution >= 0.6 is 11.3 Å². The summed E-state index contributed by atoms with van der Waals surface area (Å²) < 4.78 is 1.10. The maximum absolute atomic E-state index is 13.3. The summed E-state index contributed by atoms with van der Waals surface area (Å²) in [7, 11) is 4.03. The third-order valence-electron chi connectivity index (χ3n) is 4.15. The number of anilines is 1. The maximum atomic E-state index is 13.3. The molecule has 4 nitrogen and oxygen atoms in total. The monoisotopic (exact) mass is 353 g/mol. The highest BCUT2D eigenvalue weighted by Crippen LogP contribution is 2.30. The van der Waals surface area contributed by atoms with Crippen LogP contribution < -0.4 is 4.90 Å². The average Bonchev–Trinajstić information content (AvgIpc) is 3.00. The fourth-order valence-electron chi connectivity index (χ4n) is 2.67. The highest BCUT2D eigenvalue weighted by atomic mass is 32.1. The van der Waals surface area contributed by atoms with Gasteiger partial charge < -0.3 is 4.90 Å². The van der Waals surface area contributed by atoms with Gasteiger partial charge in [0.25, 0.3) is 5.91 Å². The molecule has 130 valence electrons. The van der Waals surface area contributed by atoms with Gasteiger partial charge in [-0.15, -0.1) is 0 Å². The molecular formula is C20H23N3OS. The number of thiazole rings is 1. The summed E-state index contributed by atoms with van der Waals surface area (Å²) in [5, 5.41) is 0.758. The van der Waals surface area contributed by atoms with Gasteiger partial charge >= 0.3 is 0 Å². The molecule has 3 rings (SSSR count). The van der Waals surface area contributed by atoms with Gasteiger partial charge in [-0.3, -0.25) is 9.69 Å². The molecule has 0 atom stereocenters. The van der Waals surface area contributed by atoms with E-state index in [2.05, 4.69) is 4.90 Å². The molecule has 2 aromatic carbocycles. The number of amides is 1. The van der Waals surface area contributed by atoms with E-state index in [1.165, 1.54) is 0 Å². The first kappa shape index (κ1) is 17.6. The van der Waals surface area contributed by atoms with Gasteiger partial charge in [-0.25, -0.2) is 4.98 Å². The zero-order valence-electron chi connectivity index (χ0n) is 15.1. The van der Waals surface area contributed by atoms with E-state index >= 15 is 0 Å². The topological polar surface area (TPSA) is 36.4 Å². The molecule has 3 aromatic rings. The van der Waals surface area contributed by atoms with Crippen LogP contribution in [-0.4, -0.2) is 43.0 Å². The molecule has 25 heavy (non-hydrogen) atoms. The van der Waals surface area contributed by atoms with Crippen molar-refractivity contribution < 1.29 is 4.79 Å². The molecule has 0 N–H and O–H groups in total. The zero-order chi connectivity index (χ0) is 18.0. The number of carbonyl (C=O) groups excluding carboxylic acids is 1. The summed E-state index contributed by atoms with van der Waals surface area (Å²) in [6, 6.07) is 14.0. The second kappa shape index (κ2) is 7.33. The second-order valence-electron chi connectivity index (χ2n) is 6.54. The fraction of sp³-hybridized carbons (Fsp3) is 0.300. The number of para-hydroxylation sites is 1. The Morgan fingerprint density at radius 3 is 2.56 bits per heavy atom. The van der Waals surface area contributed by atoms with Crippen LogP contribution in [0.15, 0.2) is 42.5 Å². The van der Waals surface area contributed by atoms with Crippen LogP contribution in [0, 0.1) is 13.8 Å². The minimum atomic E-state index is 0.0158. The minimum absolute atomic E-state index is 0.0158. The summed E-state index contributed by atoms with van der Waals surface area (Å²) in [6.07, 6.45) is 0. The van der Waals surface area contributed by atoms with Crippen molar-refractivity contribution in [3.63, 3.8) is 0 Å². The predicted octanol–water partition coefficient (Wildman–Crippen LogP) is 4.12. The van der Waals surface area contributed by atoms with Crippen LogP contribution in [0.5, 0.6) is 0 Å². The van der Waals surface area contributed by atoms with Crippen molar-refractivity contribution >= 4 is 32.6 Å². The van der Waals surface area contributed by atoms with Crippen LogP contribution in [0.2, 0.25) is 0 Å². The van der Waals surface area contributed by atoms with Crippen molar-refractivity contribution in [1.82, 2.24) is 9.88 Å². The average molecular weight is 353 g/mol. The van der Waals surface area contributed by atoms with Gasteiger partial charge in [0.2, 0.25) is 0 Å². The molecule has 0 bridgehead atoms. The van der Waals surface area contributed by atoms with Gasteiger partial charge in [-0.2, -0.15) is 0 Å². The molecule has 1 heterocycles. The molecule has 0 aliphatic carbocycles. The second-order valence-corrected chi connectivity index (χ2v) is 7.55. The molecule has 0 saturated carbocycles. The Labute approximate surface area is 152 Å². The third kappa shape index (κ3) is 3.89. The number of carbonyl (C=O) groups is 1. The zero-order valence-corrected chi connectivity index (χ0v) is 15.9. The Morgan fingerprint density at radius 2 is 1.84 bits per heavy atom. The highest BCUT2D eigenvalue weighted by molar-refractivity contribution is 7.22. The quantitative estimate of drug-likeness (QED) is 0.692. The number of likely N-dealkylation sites (N-methyl/N-ethyl adjacent to an activating group) is 1. The minimum Gasteiger partial charge on any atom is -0.308 e. The number of aryl methyl sites for hydroxylation is 2. The molecule has 1 aromatic heterocycles. The standard InChI is InChI=1S/C20H23N3OS/c1-14-9-10-15(2)16(13-14)19(24)23(12-11-22(3)4)20-21-17-7-5-6-8-18(17)25-20/h5-10,13H,11-12H2,1-4H3. The fourth-order valence-corrected chi connectivity index (χ4v) is 3.66. The summed E-state index contributed by atoms with van der Waals surface area (Å²) in [5.41, 5.74) is 3.77. The highest BCUT2D eigenvalue weighted by Gasteiger charge is 2.22. The first-order chi connectivity index (χ1) is 12.0. The number of nitrogens with zero attached hydrogens (tertiary/aromatic N) is 3. The number of fused-ring (bicyclic) bond motifs is 1. The van der Waals surface area contributed by atoms with E-state index in [-0.39, 0.29) is 5.91 Å². The molecule has 0 radical (unpaired) electrons. The Kier molecular flexibility index (Phi) is 5.16. The molecule has 0 aliphatic rings. The van der Waals surface area contributed by atoms with E-state index in [4.69, 9.17) is 4.98 Å². The van der Waals surface area contributed by atoms with Crippen LogP contribution in [-0.2, 0) is 0 Å². The molecule has 0 aliphatic heterocycles. The first-order valence-corrected chi connectivity index (χ1v) is 9.17. The lowest BCUT2D eigenvalue weighted by Crippen LogP contribution is -2.37. The van der Waals surface area contributed by atoms with E-state index in [0.29, 0.717) is 6.54 Å². The van der Waals surface area contributed by atoms with E-state index < -0.39 is 0 Å². The smallest absolute Gasteiger partial charge is 0.260 e. The van der Waals surface area contributed by atoms with Crippen molar-refractivity contribution in [3.05, 3.63) is 59.2 Å². The Hall–Kier alpha value is -2.24. The van der Waals surface area contributed by atoms with Gasteiger partial charge in [-0.1, -0.05) is 41.2 Å². The lowest BCUT2D eigenvalue weighted by atomic mass is 10.0. The van der Waals surface area contributed by atoms with E-state index in [9.17, 15) is 4.79 Å². The maximum Gasteiger partial charge on any atom is 0.260 e. The van der Waals surface area contributed by atoms with E-state index in [0.717, 1.165) is 38.6 Å². The molecular weight excluding hydrogens is 330 g/mol. The lowest BCUT2D eigenvalue weighted by molar-refractivity contribution is 0.0984. The van der Waals surface area contributed by atoms with Crippen molar-refractivity contribution in [3.8, 4) is 0 Å². The Morgan fingerprint density at radius 1 is 1.08 bits per heavy atom. The largest absolute Gasteiger partial charge is 0.308 e. The van der Waals surface area contributed by atoms with E-state index in [1.54, 1.807) is 11.3 Å². The SMILES string of the molecule is Cc1ccc(C)c(C(=O)N(CCN(C)C)c2nc3ccccc3s2)c1. The summed E-state index contributed by atoms with van der Waals surface area (Å²) in [5.74, 6) is 0.0158. The number of benzene rings is 2. The van der Waals surface area contributed by atoms with Crippen LogP contribution in [0.25, 0.3) is 10.2 Å². The number of hydrogen-bond donors (Lipinski definition) is 0. The summed E-state index contributed by atoms with van der Waals surface area (Å²) >= 11 is 1.57. The molecule has 1 amide bonds. The van der Waals surface area contributed by atoms with Crippen molar-refractivity contribution in [2.45, 2.75) is 13.8 Å². The summed E-state index contributed by atoms with van der Waals surface area (Å²) in [6.45, 7) is 5.39. The van der Waals surface area contributed by atoms with Gasteiger partial charge in [0.15, 0.2) is 5.13 Å². The molecule has 0 fully saturated rings. The predicted molar refractivity (Wildman–Crippen MR) is 106 cm³/mol. The molecule has 5 heteroatoms. The van der Waals surface area contributed by atoms with Gasteiger partial charge in [-0.05, 0) is 51.7 Å². The van der Waals surface area contributed by atoms with Crippen LogP contribution in [0.1, 0.15) is 21.5 Å². The van der Waals surface area contributed by atoms with E-state index in [1.807, 2.05) is 75.3 Å². The van der Waals surface area contributed by atoms with Gasteiger partial charge in [0, 0.05) is 18.7 Å². The molecule has 0 spiro atoms. The Bertz CT molecular complexity index is 868. The normalized spacial score (nSPS) is 11.2. The van der Waals surface area contributed by atoms with Gasteiger partial charge in [0.05, 0.1) is 10.2 Å². The molecule has 0 unspecified atom stereocenters. The van der Waals surface area contributed by atoms with Crippen molar-refractivity contribution in [2.75, 3.05) is 32.1 Å². The Balaban J connectivity index is 2.01. The van der Waals surface area contributed by atoms with Crippen LogP contribution in [0.3, 0.4) is 0 Å². The number of aromatic nitrogens is 1. The first-order valence-electron chi connectivity index (χ1n) is 8.35. The number of hydrogen-bond acceptors (Lipinski definition) is 4. The van der Waals surface area contributed by atoms with Crippen molar-refractivity contribution in [1.29, 1.82) is 0 Å². The van der Waals surface area contributed by atoms with Crippen molar-refractivity contribution in [2.24, 2.45) is 0 Å². The van der Waals surface area contributed by atoms with Crippen LogP contribution in [0.4, 0.5) is 5.13 Å².